The molecule has 6 heteroatoms. The average Bonchev–Trinajstić information content (AvgIpc) is 2.64. The van der Waals surface area contributed by atoms with E-state index in [2.05, 4.69) is 10.3 Å². The summed E-state index contributed by atoms with van der Waals surface area (Å²) >= 11 is 0. The van der Waals surface area contributed by atoms with Crippen molar-refractivity contribution in [2.24, 2.45) is 5.73 Å². The predicted molar refractivity (Wildman–Crippen MR) is 83.6 cm³/mol. The Kier molecular flexibility index (Phi) is 4.68. The Hall–Kier alpha value is -2.11. The Morgan fingerprint density at radius 2 is 1.77 bits per heavy atom. The van der Waals surface area contributed by atoms with E-state index >= 15 is 0 Å². The van der Waals surface area contributed by atoms with E-state index in [9.17, 15) is 14.4 Å². The van der Waals surface area contributed by atoms with Crippen LogP contribution in [0.2, 0.25) is 0 Å². The normalized spacial score (nSPS) is 17.5. The van der Waals surface area contributed by atoms with Crippen molar-refractivity contribution >= 4 is 11.8 Å². The number of hydrogen-bond donors (Lipinski definition) is 3. The summed E-state index contributed by atoms with van der Waals surface area (Å²) in [5.41, 5.74) is 5.41. The number of aromatic nitrogens is 1. The van der Waals surface area contributed by atoms with Gasteiger partial charge in [-0.05, 0) is 26.7 Å². The summed E-state index contributed by atoms with van der Waals surface area (Å²) in [7, 11) is 0. The molecule has 22 heavy (non-hydrogen) atoms. The quantitative estimate of drug-likeness (QED) is 0.733. The maximum atomic E-state index is 12.5. The standard InChI is InChI=1S/C16H23N3O3/c1-10-9-12(20)13(11(2)18-10)14(21)19-16(15(17)22)7-5-3-4-6-8-16/h9H,3-8H2,1-2H3,(H2,17,22)(H,18,20)(H,19,21). The topological polar surface area (TPSA) is 105 Å². The molecule has 0 aromatic carbocycles. The summed E-state index contributed by atoms with van der Waals surface area (Å²) in [6.07, 6.45) is 4.77. The monoisotopic (exact) mass is 305 g/mol. The smallest absolute Gasteiger partial charge is 0.257 e. The highest BCUT2D eigenvalue weighted by Gasteiger charge is 2.39. The molecule has 6 nitrogen and oxygen atoms in total. The number of aromatic amines is 1. The zero-order valence-electron chi connectivity index (χ0n) is 13.1. The van der Waals surface area contributed by atoms with Crippen LogP contribution in [0.4, 0.5) is 0 Å². The Morgan fingerprint density at radius 3 is 2.27 bits per heavy atom. The third kappa shape index (κ3) is 3.21. The van der Waals surface area contributed by atoms with Gasteiger partial charge in [-0.1, -0.05) is 25.7 Å². The molecule has 0 radical (unpaired) electrons. The van der Waals surface area contributed by atoms with Crippen LogP contribution in [0.1, 0.15) is 60.3 Å². The van der Waals surface area contributed by atoms with Gasteiger partial charge in [0.05, 0.1) is 0 Å². The number of nitrogens with one attached hydrogen (secondary N) is 2. The Bertz CT molecular complexity index is 641. The van der Waals surface area contributed by atoms with Crippen LogP contribution in [0, 0.1) is 13.8 Å². The number of rotatable bonds is 3. The number of aryl methyl sites for hydroxylation is 2. The number of primary amides is 1. The van der Waals surface area contributed by atoms with Crippen LogP contribution in [0.3, 0.4) is 0 Å². The largest absolute Gasteiger partial charge is 0.368 e. The van der Waals surface area contributed by atoms with E-state index in [1.807, 2.05) is 0 Å². The SMILES string of the molecule is Cc1cc(=O)c(C(=O)NC2(C(N)=O)CCCCCC2)c(C)[nH]1. The van der Waals surface area contributed by atoms with Crippen LogP contribution < -0.4 is 16.5 Å². The molecule has 1 saturated carbocycles. The van der Waals surface area contributed by atoms with Gasteiger partial charge in [-0.15, -0.1) is 0 Å². The van der Waals surface area contributed by atoms with Crippen molar-refractivity contribution < 1.29 is 9.59 Å². The zero-order valence-corrected chi connectivity index (χ0v) is 13.1. The van der Waals surface area contributed by atoms with Crippen molar-refractivity contribution in [3.63, 3.8) is 0 Å². The van der Waals surface area contributed by atoms with Gasteiger partial charge in [0.15, 0.2) is 5.43 Å². The number of amides is 2. The van der Waals surface area contributed by atoms with E-state index in [4.69, 9.17) is 5.73 Å². The Balaban J connectivity index is 2.33. The third-order valence-electron chi connectivity index (χ3n) is 4.36. The Morgan fingerprint density at radius 1 is 1.18 bits per heavy atom. The highest BCUT2D eigenvalue weighted by molar-refractivity contribution is 5.99. The maximum absolute atomic E-state index is 12.5. The van der Waals surface area contributed by atoms with E-state index in [1.54, 1.807) is 13.8 Å². The van der Waals surface area contributed by atoms with E-state index in [-0.39, 0.29) is 11.0 Å². The van der Waals surface area contributed by atoms with E-state index < -0.39 is 17.4 Å². The molecule has 0 saturated heterocycles. The molecule has 1 aliphatic carbocycles. The highest BCUT2D eigenvalue weighted by atomic mass is 16.2. The van der Waals surface area contributed by atoms with Gasteiger partial charge in [-0.3, -0.25) is 14.4 Å². The molecule has 1 aromatic heterocycles. The summed E-state index contributed by atoms with van der Waals surface area (Å²) in [6.45, 7) is 3.43. The van der Waals surface area contributed by atoms with Crippen LogP contribution >= 0.6 is 0 Å². The minimum atomic E-state index is -1.04. The fourth-order valence-corrected chi connectivity index (χ4v) is 3.18. The number of nitrogens with two attached hydrogens (primary N) is 1. The molecule has 0 spiro atoms. The molecule has 2 rings (SSSR count). The maximum Gasteiger partial charge on any atom is 0.257 e. The first kappa shape index (κ1) is 16.3. The van der Waals surface area contributed by atoms with Crippen molar-refractivity contribution in [2.75, 3.05) is 0 Å². The number of H-pyrrole nitrogens is 1. The summed E-state index contributed by atoms with van der Waals surface area (Å²) in [5.74, 6) is -1.05. The molecule has 1 aliphatic rings. The van der Waals surface area contributed by atoms with Crippen LogP contribution in [-0.4, -0.2) is 22.3 Å². The van der Waals surface area contributed by atoms with Crippen LogP contribution in [-0.2, 0) is 4.79 Å². The zero-order chi connectivity index (χ0) is 16.3. The minimum absolute atomic E-state index is 0.0514. The predicted octanol–water partition coefficient (Wildman–Crippen LogP) is 1.30. The second kappa shape index (κ2) is 6.34. The number of hydrogen-bond acceptors (Lipinski definition) is 3. The van der Waals surface area contributed by atoms with Gasteiger partial charge in [0.2, 0.25) is 5.91 Å². The van der Waals surface area contributed by atoms with Gasteiger partial charge in [-0.25, -0.2) is 0 Å². The summed E-state index contributed by atoms with van der Waals surface area (Å²) in [6, 6.07) is 1.38. The minimum Gasteiger partial charge on any atom is -0.368 e. The first-order valence-electron chi connectivity index (χ1n) is 7.69. The Labute approximate surface area is 129 Å². The first-order chi connectivity index (χ1) is 10.4. The average molecular weight is 305 g/mol. The molecule has 1 aromatic rings. The molecule has 0 bridgehead atoms. The fourth-order valence-electron chi connectivity index (χ4n) is 3.18. The molecule has 2 amide bonds. The second-order valence-electron chi connectivity index (χ2n) is 6.13. The lowest BCUT2D eigenvalue weighted by atomic mass is 9.89. The van der Waals surface area contributed by atoms with Crippen molar-refractivity contribution in [3.05, 3.63) is 33.2 Å². The molecule has 1 heterocycles. The molecule has 120 valence electrons. The summed E-state index contributed by atoms with van der Waals surface area (Å²) in [4.78, 5) is 39.6. The lowest BCUT2D eigenvalue weighted by Gasteiger charge is -2.30. The van der Waals surface area contributed by atoms with Crippen LogP contribution in [0.25, 0.3) is 0 Å². The van der Waals surface area contributed by atoms with Gasteiger partial charge in [0.1, 0.15) is 11.1 Å². The molecule has 0 unspecified atom stereocenters. The van der Waals surface area contributed by atoms with Gasteiger partial charge >= 0.3 is 0 Å². The van der Waals surface area contributed by atoms with E-state index in [1.165, 1.54) is 6.07 Å². The highest BCUT2D eigenvalue weighted by Crippen LogP contribution is 2.27. The molecular formula is C16H23N3O3. The van der Waals surface area contributed by atoms with Gasteiger partial charge in [0.25, 0.3) is 5.91 Å². The van der Waals surface area contributed by atoms with Crippen molar-refractivity contribution in [2.45, 2.75) is 57.9 Å². The third-order valence-corrected chi connectivity index (χ3v) is 4.36. The first-order valence-corrected chi connectivity index (χ1v) is 7.69. The molecule has 4 N–H and O–H groups in total. The summed E-state index contributed by atoms with van der Waals surface area (Å²) in [5, 5.41) is 2.76. The van der Waals surface area contributed by atoms with E-state index in [0.29, 0.717) is 24.2 Å². The van der Waals surface area contributed by atoms with Crippen LogP contribution in [0.5, 0.6) is 0 Å². The van der Waals surface area contributed by atoms with Crippen molar-refractivity contribution in [1.82, 2.24) is 10.3 Å². The van der Waals surface area contributed by atoms with Crippen molar-refractivity contribution in [3.8, 4) is 0 Å². The second-order valence-corrected chi connectivity index (χ2v) is 6.13. The molecule has 1 fully saturated rings. The van der Waals surface area contributed by atoms with Gasteiger partial charge in [-0.2, -0.15) is 0 Å². The van der Waals surface area contributed by atoms with Gasteiger partial charge < -0.3 is 16.0 Å². The lowest BCUT2D eigenvalue weighted by Crippen LogP contribution is -2.57. The molecule has 0 aliphatic heterocycles. The van der Waals surface area contributed by atoms with Gasteiger partial charge in [0, 0.05) is 17.5 Å². The van der Waals surface area contributed by atoms with E-state index in [0.717, 1.165) is 25.7 Å². The fraction of sp³-hybridized carbons (Fsp3) is 0.562. The molecule has 0 atom stereocenters. The number of carbonyl (C=O) groups is 2. The molecular weight excluding hydrogens is 282 g/mol. The summed E-state index contributed by atoms with van der Waals surface area (Å²) < 4.78 is 0. The number of carbonyl (C=O) groups excluding carboxylic acids is 2. The van der Waals surface area contributed by atoms with Crippen molar-refractivity contribution in [1.29, 1.82) is 0 Å². The lowest BCUT2D eigenvalue weighted by molar-refractivity contribution is -0.124. The number of pyridine rings is 1. The van der Waals surface area contributed by atoms with Crippen LogP contribution in [0.15, 0.2) is 10.9 Å².